The summed E-state index contributed by atoms with van der Waals surface area (Å²) < 4.78 is 78.7. The SMILES string of the molecule is CC1CN(C=O)C2CN(Cc3ccccc3)C(=O)[C@H](CN)N2C1=O.COCc1cc(C(F)(F)F)cc(C(F)(F)F)c1. The minimum Gasteiger partial charge on any atom is -0.380 e. The van der Waals surface area contributed by atoms with E-state index in [0.717, 1.165) is 12.0 Å². The number of nitrogens with two attached hydrogens (primary N) is 1. The average Bonchev–Trinajstić information content (AvgIpc) is 2.91. The van der Waals surface area contributed by atoms with Crippen molar-refractivity contribution in [3.05, 3.63) is 70.8 Å². The van der Waals surface area contributed by atoms with E-state index >= 15 is 0 Å². The van der Waals surface area contributed by atoms with E-state index in [1.165, 1.54) is 12.0 Å². The summed E-state index contributed by atoms with van der Waals surface area (Å²) in [5.41, 5.74) is 3.97. The third-order valence-electron chi connectivity index (χ3n) is 6.71. The predicted octanol–water partition coefficient (Wildman–Crippen LogP) is 3.49. The van der Waals surface area contributed by atoms with E-state index < -0.39 is 35.7 Å². The van der Waals surface area contributed by atoms with Gasteiger partial charge in [-0.2, -0.15) is 26.3 Å². The maximum Gasteiger partial charge on any atom is 0.416 e. The van der Waals surface area contributed by atoms with Gasteiger partial charge in [0.1, 0.15) is 12.2 Å². The number of nitrogens with zero attached hydrogens (tertiary/aromatic N) is 3. The summed E-state index contributed by atoms with van der Waals surface area (Å²) in [6.45, 7) is 2.62. The highest BCUT2D eigenvalue weighted by Gasteiger charge is 2.48. The summed E-state index contributed by atoms with van der Waals surface area (Å²) >= 11 is 0. The number of rotatable bonds is 6. The highest BCUT2D eigenvalue weighted by molar-refractivity contribution is 5.91. The second kappa shape index (κ2) is 12.9. The topological polar surface area (TPSA) is 96.2 Å². The fraction of sp³-hybridized carbons (Fsp3) is 0.444. The van der Waals surface area contributed by atoms with Crippen LogP contribution in [0.25, 0.3) is 0 Å². The minimum absolute atomic E-state index is 0.0474. The van der Waals surface area contributed by atoms with E-state index in [4.69, 9.17) is 5.73 Å². The first-order valence-corrected chi connectivity index (χ1v) is 12.5. The first kappa shape index (κ1) is 31.9. The number of halogens is 6. The number of carbonyl (C=O) groups excluding carboxylic acids is 3. The zero-order valence-electron chi connectivity index (χ0n) is 22.3. The number of fused-ring (bicyclic) bond motifs is 1. The molecule has 4 rings (SSSR count). The molecule has 14 heteroatoms. The molecule has 2 heterocycles. The van der Waals surface area contributed by atoms with Crippen LogP contribution in [0.2, 0.25) is 0 Å². The van der Waals surface area contributed by atoms with E-state index in [1.54, 1.807) is 16.7 Å². The second-order valence-electron chi connectivity index (χ2n) is 9.73. The zero-order chi connectivity index (χ0) is 30.5. The number of carbonyl (C=O) groups is 3. The van der Waals surface area contributed by atoms with Crippen molar-refractivity contribution in [2.45, 2.75) is 44.6 Å². The van der Waals surface area contributed by atoms with E-state index in [9.17, 15) is 40.7 Å². The van der Waals surface area contributed by atoms with Gasteiger partial charge >= 0.3 is 12.4 Å². The molecule has 2 aromatic carbocycles. The first-order chi connectivity index (χ1) is 19.2. The van der Waals surface area contributed by atoms with Crippen molar-refractivity contribution in [1.29, 1.82) is 0 Å². The summed E-state index contributed by atoms with van der Waals surface area (Å²) in [5.74, 6) is -0.596. The van der Waals surface area contributed by atoms with Gasteiger partial charge in [-0.05, 0) is 29.3 Å². The Morgan fingerprint density at radius 2 is 1.51 bits per heavy atom. The molecule has 0 aliphatic carbocycles. The Morgan fingerprint density at radius 3 is 2.00 bits per heavy atom. The van der Waals surface area contributed by atoms with Gasteiger partial charge < -0.3 is 25.2 Å². The summed E-state index contributed by atoms with van der Waals surface area (Å²) in [5, 5.41) is 0. The molecule has 41 heavy (non-hydrogen) atoms. The molecule has 2 N–H and O–H groups in total. The molecule has 0 bridgehead atoms. The summed E-state index contributed by atoms with van der Waals surface area (Å²) in [6, 6.07) is 10.3. The molecule has 2 unspecified atom stereocenters. The average molecular weight is 589 g/mol. The smallest absolute Gasteiger partial charge is 0.380 e. The van der Waals surface area contributed by atoms with Gasteiger partial charge in [0.15, 0.2) is 0 Å². The van der Waals surface area contributed by atoms with E-state index in [0.29, 0.717) is 31.8 Å². The van der Waals surface area contributed by atoms with Gasteiger partial charge in [-0.15, -0.1) is 0 Å². The van der Waals surface area contributed by atoms with Gasteiger partial charge in [-0.3, -0.25) is 14.4 Å². The van der Waals surface area contributed by atoms with E-state index in [1.807, 2.05) is 30.3 Å². The van der Waals surface area contributed by atoms with Crippen LogP contribution >= 0.6 is 0 Å². The van der Waals surface area contributed by atoms with E-state index in [-0.39, 0.29) is 42.5 Å². The second-order valence-corrected chi connectivity index (χ2v) is 9.73. The lowest BCUT2D eigenvalue weighted by Crippen LogP contribution is -2.72. The number of piperazine rings is 1. The van der Waals surface area contributed by atoms with Crippen molar-refractivity contribution < 1.29 is 45.5 Å². The van der Waals surface area contributed by atoms with Gasteiger partial charge in [0, 0.05) is 26.7 Å². The monoisotopic (exact) mass is 588 g/mol. The minimum atomic E-state index is -4.82. The molecule has 2 fully saturated rings. The third-order valence-corrected chi connectivity index (χ3v) is 6.71. The Bertz CT molecular complexity index is 1190. The Morgan fingerprint density at radius 1 is 0.927 bits per heavy atom. The number of alkyl halides is 6. The Labute approximate surface area is 232 Å². The predicted molar refractivity (Wildman–Crippen MR) is 134 cm³/mol. The molecule has 0 spiro atoms. The summed E-state index contributed by atoms with van der Waals surface area (Å²) in [7, 11) is 1.19. The van der Waals surface area contributed by atoms with Crippen LogP contribution in [0.4, 0.5) is 26.3 Å². The van der Waals surface area contributed by atoms with Crippen LogP contribution in [0.3, 0.4) is 0 Å². The number of ether oxygens (including phenoxy) is 1. The zero-order valence-corrected chi connectivity index (χ0v) is 22.3. The number of hydrogen-bond donors (Lipinski definition) is 1. The molecule has 224 valence electrons. The van der Waals surface area contributed by atoms with Gasteiger partial charge in [-0.1, -0.05) is 37.3 Å². The molecule has 2 aliphatic rings. The fourth-order valence-electron chi connectivity index (χ4n) is 4.79. The van der Waals surface area contributed by atoms with Gasteiger partial charge in [0.05, 0.1) is 30.2 Å². The van der Waals surface area contributed by atoms with Gasteiger partial charge in [-0.25, -0.2) is 0 Å². The molecule has 8 nitrogen and oxygen atoms in total. The van der Waals surface area contributed by atoms with E-state index in [2.05, 4.69) is 4.74 Å². The largest absolute Gasteiger partial charge is 0.416 e. The molecule has 0 saturated carbocycles. The molecule has 0 radical (unpaired) electrons. The lowest BCUT2D eigenvalue weighted by atomic mass is 9.98. The number of hydrogen-bond acceptors (Lipinski definition) is 5. The van der Waals surface area contributed by atoms with Crippen LogP contribution in [0, 0.1) is 5.92 Å². The van der Waals surface area contributed by atoms with Crippen molar-refractivity contribution in [1.82, 2.24) is 14.7 Å². The van der Waals surface area contributed by atoms with Crippen LogP contribution in [-0.2, 0) is 44.6 Å². The summed E-state index contributed by atoms with van der Waals surface area (Å²) in [4.78, 5) is 41.6. The normalized spacial score (nSPS) is 21.3. The number of methoxy groups -OCH3 is 1. The van der Waals surface area contributed by atoms with Crippen molar-refractivity contribution in [3.8, 4) is 0 Å². The van der Waals surface area contributed by atoms with Crippen LogP contribution in [0.1, 0.15) is 29.2 Å². The van der Waals surface area contributed by atoms with Gasteiger partial charge in [0.2, 0.25) is 18.2 Å². The number of amides is 3. The Kier molecular flexibility index (Phi) is 10.0. The molecule has 0 aromatic heterocycles. The van der Waals surface area contributed by atoms with Crippen LogP contribution in [0.5, 0.6) is 0 Å². The molecule has 2 aliphatic heterocycles. The number of benzene rings is 2. The maximum absolute atomic E-state index is 12.8. The van der Waals surface area contributed by atoms with Crippen LogP contribution < -0.4 is 5.73 Å². The molecule has 2 saturated heterocycles. The molecule has 2 aromatic rings. The lowest BCUT2D eigenvalue weighted by Gasteiger charge is -2.52. The van der Waals surface area contributed by atoms with Gasteiger partial charge in [0.25, 0.3) is 0 Å². The highest BCUT2D eigenvalue weighted by Crippen LogP contribution is 2.36. The fourth-order valence-corrected chi connectivity index (χ4v) is 4.79. The Balaban J connectivity index is 0.000000241. The molecule has 3 amide bonds. The highest BCUT2D eigenvalue weighted by atomic mass is 19.4. The summed E-state index contributed by atoms with van der Waals surface area (Å²) in [6.07, 6.45) is -9.32. The standard InChI is InChI=1S/C17H22N4O3.C10H8F6O/c1-12-8-20(11-22)15-10-19(9-13-5-3-2-4-6-13)17(24)14(7-18)21(15)16(12)23;1-17-5-6-2-7(9(11,12)13)4-8(3-6)10(14,15)16/h2-6,11-12,14-15H,7-10,18H2,1H3;2-4H,5H2,1H3/t12?,14-,15?;/m0./s1. The third kappa shape index (κ3) is 7.55. The molecular weight excluding hydrogens is 558 g/mol. The Hall–Kier alpha value is -3.65. The van der Waals surface area contributed by atoms with Crippen molar-refractivity contribution in [2.75, 3.05) is 26.7 Å². The quantitative estimate of drug-likeness (QED) is 0.412. The van der Waals surface area contributed by atoms with Crippen molar-refractivity contribution in [3.63, 3.8) is 0 Å². The molecular formula is C27H30F6N4O4. The van der Waals surface area contributed by atoms with Crippen LogP contribution in [-0.4, -0.2) is 71.9 Å². The lowest BCUT2D eigenvalue weighted by molar-refractivity contribution is -0.175. The first-order valence-electron chi connectivity index (χ1n) is 12.5. The van der Waals surface area contributed by atoms with Crippen LogP contribution in [0.15, 0.2) is 48.5 Å². The van der Waals surface area contributed by atoms with Crippen molar-refractivity contribution in [2.24, 2.45) is 11.7 Å². The molecule has 3 atom stereocenters. The van der Waals surface area contributed by atoms with Crippen molar-refractivity contribution >= 4 is 18.2 Å². The maximum atomic E-state index is 12.8.